The molecular weight excluding hydrogens is 268 g/mol. The Labute approximate surface area is 122 Å². The minimum Gasteiger partial charge on any atom is -0.370 e. The number of carbonyl (C=O) groups excluding carboxylic acids is 2. The van der Waals surface area contributed by atoms with Gasteiger partial charge >= 0.3 is 0 Å². The average molecular weight is 286 g/mol. The molecule has 0 aliphatic heterocycles. The maximum Gasteiger partial charge on any atom is 0.270 e. The smallest absolute Gasteiger partial charge is 0.270 e. The highest BCUT2D eigenvalue weighted by Gasteiger charge is 2.12. The zero-order chi connectivity index (χ0) is 15.2. The van der Waals surface area contributed by atoms with Crippen LogP contribution in [-0.2, 0) is 4.79 Å². The molecule has 6 nitrogen and oxygen atoms in total. The van der Waals surface area contributed by atoms with Gasteiger partial charge in [0.15, 0.2) is 0 Å². The van der Waals surface area contributed by atoms with Gasteiger partial charge in [-0.25, -0.2) is 4.98 Å². The Bertz CT molecular complexity index is 670. The second kappa shape index (κ2) is 6.69. The summed E-state index contributed by atoms with van der Waals surface area (Å²) >= 11 is 0. The molecule has 0 aliphatic rings. The van der Waals surface area contributed by atoms with Gasteiger partial charge in [0.2, 0.25) is 5.91 Å². The summed E-state index contributed by atoms with van der Waals surface area (Å²) in [5, 5.41) is 10.0. The van der Waals surface area contributed by atoms with Crippen LogP contribution in [0.15, 0.2) is 30.3 Å². The molecule has 1 aromatic carbocycles. The molecule has 0 unspecified atom stereocenters. The summed E-state index contributed by atoms with van der Waals surface area (Å²) in [6.07, 6.45) is 0. The first-order chi connectivity index (χ1) is 10.2. The predicted octanol–water partition coefficient (Wildman–Crippen LogP) is 1.14. The first kappa shape index (κ1) is 14.8. The van der Waals surface area contributed by atoms with Gasteiger partial charge in [-0.05, 0) is 18.4 Å². The molecule has 2 amide bonds. The number of nitrogens with one attached hydrogen (secondary N) is 3. The fourth-order valence-electron chi connectivity index (χ4n) is 1.96. The number of pyridine rings is 1. The van der Waals surface area contributed by atoms with Crippen LogP contribution >= 0.6 is 0 Å². The molecule has 21 heavy (non-hydrogen) atoms. The molecular formula is C15H18N4O2. The van der Waals surface area contributed by atoms with E-state index < -0.39 is 0 Å². The molecule has 2 aromatic rings. The van der Waals surface area contributed by atoms with Crippen molar-refractivity contribution in [1.82, 2.24) is 15.6 Å². The summed E-state index contributed by atoms with van der Waals surface area (Å²) in [5.41, 5.74) is 0.286. The molecule has 0 saturated carbocycles. The standard InChI is InChI=1S/C15H18N4O2/c1-3-17-14-11-7-5-4-6-10(11)8-12(19-14)15(21)18-9-13(20)16-2/h4-8H,3,9H2,1-2H3,(H,16,20)(H,17,19)(H,18,21). The van der Waals surface area contributed by atoms with Gasteiger partial charge in [-0.15, -0.1) is 0 Å². The Hall–Kier alpha value is -2.63. The lowest BCUT2D eigenvalue weighted by molar-refractivity contribution is -0.119. The van der Waals surface area contributed by atoms with Gasteiger partial charge in [0.05, 0.1) is 6.54 Å². The number of aromatic nitrogens is 1. The van der Waals surface area contributed by atoms with E-state index in [1.54, 1.807) is 6.07 Å². The van der Waals surface area contributed by atoms with E-state index in [0.29, 0.717) is 12.4 Å². The highest BCUT2D eigenvalue weighted by atomic mass is 16.2. The van der Waals surface area contributed by atoms with Gasteiger partial charge in [-0.1, -0.05) is 24.3 Å². The maximum atomic E-state index is 12.1. The normalized spacial score (nSPS) is 10.2. The molecule has 0 atom stereocenters. The van der Waals surface area contributed by atoms with Gasteiger partial charge in [0.25, 0.3) is 5.91 Å². The fraction of sp³-hybridized carbons (Fsp3) is 0.267. The molecule has 0 fully saturated rings. The van der Waals surface area contributed by atoms with Crippen LogP contribution in [0, 0.1) is 0 Å². The van der Waals surface area contributed by atoms with Crippen LogP contribution < -0.4 is 16.0 Å². The van der Waals surface area contributed by atoms with Crippen LogP contribution in [-0.4, -0.2) is 36.9 Å². The summed E-state index contributed by atoms with van der Waals surface area (Å²) in [5.74, 6) is 0.0419. The van der Waals surface area contributed by atoms with Gasteiger partial charge < -0.3 is 16.0 Å². The number of carbonyl (C=O) groups is 2. The molecule has 6 heteroatoms. The summed E-state index contributed by atoms with van der Waals surface area (Å²) in [6, 6.07) is 9.43. The third-order valence-corrected chi connectivity index (χ3v) is 3.01. The van der Waals surface area contributed by atoms with Crippen molar-refractivity contribution in [3.05, 3.63) is 36.0 Å². The second-order valence-corrected chi connectivity index (χ2v) is 4.46. The van der Waals surface area contributed by atoms with Crippen molar-refractivity contribution in [1.29, 1.82) is 0 Å². The molecule has 0 saturated heterocycles. The largest absolute Gasteiger partial charge is 0.370 e. The van der Waals surface area contributed by atoms with Gasteiger partial charge in [0.1, 0.15) is 11.5 Å². The quantitative estimate of drug-likeness (QED) is 0.770. The van der Waals surface area contributed by atoms with E-state index in [1.165, 1.54) is 7.05 Å². The number of likely N-dealkylation sites (N-methyl/N-ethyl adjacent to an activating group) is 1. The third-order valence-electron chi connectivity index (χ3n) is 3.01. The summed E-state index contributed by atoms with van der Waals surface area (Å²) in [4.78, 5) is 27.6. The fourth-order valence-corrected chi connectivity index (χ4v) is 1.96. The molecule has 3 N–H and O–H groups in total. The average Bonchev–Trinajstić information content (AvgIpc) is 2.52. The van der Waals surface area contributed by atoms with Crippen LogP contribution in [0.2, 0.25) is 0 Å². The lowest BCUT2D eigenvalue weighted by Gasteiger charge is -2.10. The minimum absolute atomic E-state index is 0.0691. The number of fused-ring (bicyclic) bond motifs is 1. The Balaban J connectivity index is 2.31. The molecule has 1 heterocycles. The van der Waals surface area contributed by atoms with Gasteiger partial charge in [0, 0.05) is 19.0 Å². The predicted molar refractivity (Wildman–Crippen MR) is 82.3 cm³/mol. The van der Waals surface area contributed by atoms with E-state index in [0.717, 1.165) is 10.8 Å². The van der Waals surface area contributed by atoms with Crippen molar-refractivity contribution >= 4 is 28.4 Å². The van der Waals surface area contributed by atoms with Crippen molar-refractivity contribution in [2.45, 2.75) is 6.92 Å². The highest BCUT2D eigenvalue weighted by Crippen LogP contribution is 2.22. The maximum absolute atomic E-state index is 12.1. The Kier molecular flexibility index (Phi) is 4.71. The van der Waals surface area contributed by atoms with Crippen LogP contribution in [0.1, 0.15) is 17.4 Å². The zero-order valence-electron chi connectivity index (χ0n) is 12.1. The number of anilines is 1. The number of benzene rings is 1. The Morgan fingerprint density at radius 1 is 1.24 bits per heavy atom. The van der Waals surface area contributed by atoms with E-state index in [9.17, 15) is 9.59 Å². The lowest BCUT2D eigenvalue weighted by atomic mass is 10.1. The first-order valence-electron chi connectivity index (χ1n) is 6.78. The van der Waals surface area contributed by atoms with Crippen LogP contribution in [0.4, 0.5) is 5.82 Å². The first-order valence-corrected chi connectivity index (χ1v) is 6.78. The number of hydrogen-bond donors (Lipinski definition) is 3. The second-order valence-electron chi connectivity index (χ2n) is 4.46. The lowest BCUT2D eigenvalue weighted by Crippen LogP contribution is -2.35. The van der Waals surface area contributed by atoms with Crippen molar-refractivity contribution < 1.29 is 9.59 Å². The van der Waals surface area contributed by atoms with E-state index in [4.69, 9.17) is 0 Å². The van der Waals surface area contributed by atoms with Crippen LogP contribution in [0.5, 0.6) is 0 Å². The molecule has 0 aliphatic carbocycles. The summed E-state index contributed by atoms with van der Waals surface area (Å²) in [7, 11) is 1.52. The zero-order valence-corrected chi connectivity index (χ0v) is 12.1. The van der Waals surface area contributed by atoms with E-state index in [1.807, 2.05) is 31.2 Å². The van der Waals surface area contributed by atoms with Crippen molar-refractivity contribution in [2.75, 3.05) is 25.5 Å². The molecule has 2 rings (SSSR count). The molecule has 0 radical (unpaired) electrons. The molecule has 0 bridgehead atoms. The SMILES string of the molecule is CCNc1nc(C(=O)NCC(=O)NC)cc2ccccc12. The molecule has 1 aromatic heterocycles. The number of nitrogens with zero attached hydrogens (tertiary/aromatic N) is 1. The Morgan fingerprint density at radius 3 is 2.71 bits per heavy atom. The van der Waals surface area contributed by atoms with Crippen molar-refractivity contribution in [2.24, 2.45) is 0 Å². The van der Waals surface area contributed by atoms with E-state index >= 15 is 0 Å². The van der Waals surface area contributed by atoms with Gasteiger partial charge in [-0.2, -0.15) is 0 Å². The van der Waals surface area contributed by atoms with Crippen LogP contribution in [0.3, 0.4) is 0 Å². The summed E-state index contributed by atoms with van der Waals surface area (Å²) < 4.78 is 0. The van der Waals surface area contributed by atoms with E-state index in [2.05, 4.69) is 20.9 Å². The topological polar surface area (TPSA) is 83.1 Å². The number of hydrogen-bond acceptors (Lipinski definition) is 4. The van der Waals surface area contributed by atoms with Crippen LogP contribution in [0.25, 0.3) is 10.8 Å². The minimum atomic E-state index is -0.372. The third kappa shape index (κ3) is 3.47. The van der Waals surface area contributed by atoms with Gasteiger partial charge in [-0.3, -0.25) is 9.59 Å². The summed E-state index contributed by atoms with van der Waals surface area (Å²) in [6.45, 7) is 2.61. The van der Waals surface area contributed by atoms with E-state index in [-0.39, 0.29) is 24.1 Å². The van der Waals surface area contributed by atoms with Crippen molar-refractivity contribution in [3.63, 3.8) is 0 Å². The monoisotopic (exact) mass is 286 g/mol. The Morgan fingerprint density at radius 2 is 2.00 bits per heavy atom. The van der Waals surface area contributed by atoms with Crippen molar-refractivity contribution in [3.8, 4) is 0 Å². The molecule has 110 valence electrons. The highest BCUT2D eigenvalue weighted by molar-refractivity contribution is 6.01. The number of rotatable bonds is 5. The number of amides is 2. The molecule has 0 spiro atoms.